The van der Waals surface area contributed by atoms with E-state index in [1.807, 2.05) is 24.3 Å². The van der Waals surface area contributed by atoms with Gasteiger partial charge in [0.25, 0.3) is 5.91 Å². The molecule has 0 unspecified atom stereocenters. The van der Waals surface area contributed by atoms with Crippen LogP contribution < -0.4 is 10.6 Å². The summed E-state index contributed by atoms with van der Waals surface area (Å²) in [5, 5.41) is 7.09. The lowest BCUT2D eigenvalue weighted by molar-refractivity contribution is 0.102. The van der Waals surface area contributed by atoms with E-state index in [1.165, 1.54) is 11.1 Å². The number of fused-ring (bicyclic) bond motifs is 2. The summed E-state index contributed by atoms with van der Waals surface area (Å²) in [7, 11) is 0. The van der Waals surface area contributed by atoms with Gasteiger partial charge in [0.15, 0.2) is 0 Å². The fourth-order valence-electron chi connectivity index (χ4n) is 2.70. The van der Waals surface area contributed by atoms with Gasteiger partial charge in [0.1, 0.15) is 5.69 Å². The molecule has 0 radical (unpaired) electrons. The molecule has 4 rings (SSSR count). The van der Waals surface area contributed by atoms with E-state index < -0.39 is 0 Å². The van der Waals surface area contributed by atoms with E-state index in [2.05, 4.69) is 36.5 Å². The fourth-order valence-corrected chi connectivity index (χ4v) is 3.14. The second-order valence-electron chi connectivity index (χ2n) is 5.43. The van der Waals surface area contributed by atoms with E-state index in [1.54, 1.807) is 18.5 Å². The Labute approximate surface area is 141 Å². The molecule has 1 aliphatic heterocycles. The molecule has 2 aromatic heterocycles. The van der Waals surface area contributed by atoms with Crippen LogP contribution in [-0.4, -0.2) is 15.9 Å². The van der Waals surface area contributed by atoms with Crippen LogP contribution in [0.15, 0.2) is 47.2 Å². The topological polar surface area (TPSA) is 66.9 Å². The molecule has 1 aliphatic rings. The van der Waals surface area contributed by atoms with Crippen molar-refractivity contribution in [1.29, 1.82) is 0 Å². The van der Waals surface area contributed by atoms with Gasteiger partial charge in [0.05, 0.1) is 9.99 Å². The lowest BCUT2D eigenvalue weighted by Crippen LogP contribution is -2.14. The summed E-state index contributed by atoms with van der Waals surface area (Å²) in [5.74, 6) is -0.221. The van der Waals surface area contributed by atoms with Crippen molar-refractivity contribution in [3.05, 3.63) is 64.0 Å². The number of rotatable bonds is 2. The number of benzene rings is 1. The molecule has 114 valence electrons. The first kappa shape index (κ1) is 14.3. The maximum absolute atomic E-state index is 12.4. The van der Waals surface area contributed by atoms with Crippen molar-refractivity contribution in [2.45, 2.75) is 13.1 Å². The number of pyridine rings is 2. The molecule has 0 aliphatic carbocycles. The van der Waals surface area contributed by atoms with Crippen LogP contribution in [0.2, 0.25) is 0 Å². The molecule has 3 aromatic rings. The first-order valence-corrected chi connectivity index (χ1v) is 8.04. The Morgan fingerprint density at radius 2 is 2.00 bits per heavy atom. The summed E-state index contributed by atoms with van der Waals surface area (Å²) in [6, 6.07) is 9.53. The van der Waals surface area contributed by atoms with Gasteiger partial charge in [0, 0.05) is 36.6 Å². The average Bonchev–Trinajstić information content (AvgIpc) is 3.02. The first-order valence-electron chi connectivity index (χ1n) is 7.25. The zero-order chi connectivity index (χ0) is 15.8. The van der Waals surface area contributed by atoms with Gasteiger partial charge >= 0.3 is 0 Å². The summed E-state index contributed by atoms with van der Waals surface area (Å²) in [6.07, 6.45) is 3.40. The minimum absolute atomic E-state index is 0.221. The molecule has 0 saturated heterocycles. The highest BCUT2D eigenvalue weighted by atomic mass is 79.9. The average molecular weight is 369 g/mol. The largest absolute Gasteiger partial charge is 0.321 e. The summed E-state index contributed by atoms with van der Waals surface area (Å²) < 4.78 is 0.772. The highest BCUT2D eigenvalue weighted by molar-refractivity contribution is 9.10. The van der Waals surface area contributed by atoms with Crippen LogP contribution in [0, 0.1) is 0 Å². The van der Waals surface area contributed by atoms with Crippen molar-refractivity contribution < 1.29 is 4.79 Å². The molecule has 0 spiro atoms. The third-order valence-electron chi connectivity index (χ3n) is 3.88. The minimum Gasteiger partial charge on any atom is -0.321 e. The van der Waals surface area contributed by atoms with E-state index in [9.17, 15) is 4.79 Å². The number of nitrogens with one attached hydrogen (secondary N) is 2. The lowest BCUT2D eigenvalue weighted by atomic mass is 10.1. The smallest absolute Gasteiger partial charge is 0.274 e. The van der Waals surface area contributed by atoms with Gasteiger partial charge in [-0.3, -0.25) is 9.78 Å². The third-order valence-corrected chi connectivity index (χ3v) is 4.46. The molecule has 6 heteroatoms. The first-order chi connectivity index (χ1) is 11.2. The van der Waals surface area contributed by atoms with Gasteiger partial charge in [-0.2, -0.15) is 0 Å². The maximum atomic E-state index is 12.4. The van der Waals surface area contributed by atoms with Gasteiger partial charge in [-0.15, -0.1) is 0 Å². The number of aromatic nitrogens is 2. The van der Waals surface area contributed by atoms with Crippen molar-refractivity contribution in [2.24, 2.45) is 0 Å². The number of hydrogen-bond donors (Lipinski definition) is 2. The number of halogens is 1. The van der Waals surface area contributed by atoms with Crippen LogP contribution in [0.1, 0.15) is 21.6 Å². The van der Waals surface area contributed by atoms with Crippen molar-refractivity contribution >= 4 is 38.4 Å². The van der Waals surface area contributed by atoms with E-state index in [4.69, 9.17) is 0 Å². The van der Waals surface area contributed by atoms with Crippen molar-refractivity contribution in [1.82, 2.24) is 15.3 Å². The molecular formula is C17H13BrN4O. The highest BCUT2D eigenvalue weighted by Gasteiger charge is 2.13. The summed E-state index contributed by atoms with van der Waals surface area (Å²) in [5.41, 5.74) is 4.40. The van der Waals surface area contributed by atoms with Gasteiger partial charge in [0.2, 0.25) is 0 Å². The van der Waals surface area contributed by atoms with Crippen molar-refractivity contribution in [2.75, 3.05) is 5.32 Å². The molecule has 5 nitrogen and oxygen atoms in total. The molecule has 0 saturated carbocycles. The molecule has 0 atom stereocenters. The predicted octanol–water partition coefficient (Wildman–Crippen LogP) is 3.25. The molecule has 1 amide bonds. The standard InChI is InChI=1S/C17H13BrN4O/c18-14-9-20-7-11-2-4-15(22-16(11)14)17(23)21-13-3-1-10-6-19-8-12(10)5-13/h1-5,7,9,19H,6,8H2,(H,21,23). The van der Waals surface area contributed by atoms with Crippen LogP contribution in [0.5, 0.6) is 0 Å². The Balaban J connectivity index is 1.63. The Morgan fingerprint density at radius 1 is 1.13 bits per heavy atom. The van der Waals surface area contributed by atoms with E-state index >= 15 is 0 Å². The van der Waals surface area contributed by atoms with Gasteiger partial charge in [-0.25, -0.2) is 4.98 Å². The number of hydrogen-bond acceptors (Lipinski definition) is 4. The van der Waals surface area contributed by atoms with Crippen LogP contribution in [0.3, 0.4) is 0 Å². The Bertz CT molecular complexity index is 926. The van der Waals surface area contributed by atoms with Crippen molar-refractivity contribution in [3.8, 4) is 0 Å². The zero-order valence-corrected chi connectivity index (χ0v) is 13.7. The van der Waals surface area contributed by atoms with E-state index in [0.29, 0.717) is 5.69 Å². The highest BCUT2D eigenvalue weighted by Crippen LogP contribution is 2.22. The van der Waals surface area contributed by atoms with Gasteiger partial charge in [-0.1, -0.05) is 6.07 Å². The summed E-state index contributed by atoms with van der Waals surface area (Å²) >= 11 is 3.42. The number of anilines is 1. The molecule has 3 heterocycles. The Kier molecular flexibility index (Phi) is 3.55. The molecule has 0 bridgehead atoms. The quantitative estimate of drug-likeness (QED) is 0.728. The molecule has 2 N–H and O–H groups in total. The lowest BCUT2D eigenvalue weighted by Gasteiger charge is -2.08. The molecule has 1 aromatic carbocycles. The number of nitrogens with zero attached hydrogens (tertiary/aromatic N) is 2. The fraction of sp³-hybridized carbons (Fsp3) is 0.118. The SMILES string of the molecule is O=C(Nc1ccc2c(c1)CNC2)c1ccc2cncc(Br)c2n1. The second-order valence-corrected chi connectivity index (χ2v) is 6.29. The van der Waals surface area contributed by atoms with Crippen LogP contribution in [0.4, 0.5) is 5.69 Å². The maximum Gasteiger partial charge on any atom is 0.274 e. The monoisotopic (exact) mass is 368 g/mol. The van der Waals surface area contributed by atoms with E-state index in [-0.39, 0.29) is 5.91 Å². The Hall–Kier alpha value is -2.31. The number of amides is 1. The van der Waals surface area contributed by atoms with Crippen molar-refractivity contribution in [3.63, 3.8) is 0 Å². The predicted molar refractivity (Wildman–Crippen MR) is 92.2 cm³/mol. The second kappa shape index (κ2) is 5.72. The normalized spacial score (nSPS) is 13.1. The molecule has 0 fully saturated rings. The van der Waals surface area contributed by atoms with Gasteiger partial charge < -0.3 is 10.6 Å². The van der Waals surface area contributed by atoms with Crippen LogP contribution in [0.25, 0.3) is 10.9 Å². The van der Waals surface area contributed by atoms with Crippen LogP contribution >= 0.6 is 15.9 Å². The number of carbonyl (C=O) groups is 1. The van der Waals surface area contributed by atoms with Gasteiger partial charge in [-0.05, 0) is 51.3 Å². The van der Waals surface area contributed by atoms with E-state index in [0.717, 1.165) is 34.2 Å². The molecule has 23 heavy (non-hydrogen) atoms. The Morgan fingerprint density at radius 3 is 2.91 bits per heavy atom. The third kappa shape index (κ3) is 2.71. The zero-order valence-electron chi connectivity index (χ0n) is 12.1. The minimum atomic E-state index is -0.221. The summed E-state index contributed by atoms with van der Waals surface area (Å²) in [6.45, 7) is 1.73. The molecular weight excluding hydrogens is 356 g/mol. The number of carbonyl (C=O) groups excluding carboxylic acids is 1. The van der Waals surface area contributed by atoms with Crippen LogP contribution in [-0.2, 0) is 13.1 Å². The summed E-state index contributed by atoms with van der Waals surface area (Å²) in [4.78, 5) is 21.0.